The minimum atomic E-state index is -0.836. The Hall–Kier alpha value is -1.95. The van der Waals surface area contributed by atoms with Crippen molar-refractivity contribution < 1.29 is 14.6 Å². The molecule has 0 aliphatic heterocycles. The van der Waals surface area contributed by atoms with E-state index in [1.54, 1.807) is 6.92 Å². The third-order valence-corrected chi connectivity index (χ3v) is 3.00. The summed E-state index contributed by atoms with van der Waals surface area (Å²) in [5, 5.41) is 8.90. The van der Waals surface area contributed by atoms with Gasteiger partial charge in [-0.05, 0) is 31.0 Å². The fourth-order valence-corrected chi connectivity index (χ4v) is 1.94. The van der Waals surface area contributed by atoms with Gasteiger partial charge in [-0.1, -0.05) is 37.8 Å². The standard InChI is InChI=1S/C17H22O3/c1-3-5-6-12-20-16-10-8-14(9-11-16)15(7-4-2)13-17(18)19/h8-11,15H,3,5-6,12-13H2,1-2H3,(H,18,19). The van der Waals surface area contributed by atoms with Gasteiger partial charge in [0, 0.05) is 0 Å². The van der Waals surface area contributed by atoms with Crippen LogP contribution < -0.4 is 4.74 Å². The zero-order chi connectivity index (χ0) is 14.8. The molecular formula is C17H22O3. The lowest BCUT2D eigenvalue weighted by Gasteiger charge is -2.10. The van der Waals surface area contributed by atoms with Gasteiger partial charge in [0.25, 0.3) is 0 Å². The van der Waals surface area contributed by atoms with Crippen molar-refractivity contribution >= 4 is 5.97 Å². The first-order valence-electron chi connectivity index (χ1n) is 7.04. The number of rotatable bonds is 8. The molecule has 0 radical (unpaired) electrons. The van der Waals surface area contributed by atoms with Gasteiger partial charge < -0.3 is 9.84 Å². The number of carboxylic acid groups (broad SMARTS) is 1. The second kappa shape index (κ2) is 9.03. The molecule has 0 fully saturated rings. The second-order valence-electron chi connectivity index (χ2n) is 4.67. The van der Waals surface area contributed by atoms with Crippen molar-refractivity contribution in [2.45, 2.75) is 45.4 Å². The third kappa shape index (κ3) is 5.79. The number of aliphatic carboxylic acids is 1. The molecule has 0 spiro atoms. The zero-order valence-electron chi connectivity index (χ0n) is 12.2. The van der Waals surface area contributed by atoms with Crippen LogP contribution in [0, 0.1) is 11.8 Å². The van der Waals surface area contributed by atoms with Gasteiger partial charge in [-0.2, -0.15) is 0 Å². The van der Waals surface area contributed by atoms with E-state index in [-0.39, 0.29) is 12.3 Å². The first kappa shape index (κ1) is 16.1. The maximum Gasteiger partial charge on any atom is 0.304 e. The predicted octanol–water partition coefficient (Wildman–Crippen LogP) is 3.84. The summed E-state index contributed by atoms with van der Waals surface area (Å²) >= 11 is 0. The average molecular weight is 274 g/mol. The van der Waals surface area contributed by atoms with Crippen LogP contribution in [0.15, 0.2) is 24.3 Å². The molecule has 3 heteroatoms. The Kier molecular flexibility index (Phi) is 7.27. The smallest absolute Gasteiger partial charge is 0.304 e. The Bertz CT molecular complexity index is 465. The predicted molar refractivity (Wildman–Crippen MR) is 79.9 cm³/mol. The lowest BCUT2D eigenvalue weighted by atomic mass is 9.96. The number of carboxylic acids is 1. The van der Waals surface area contributed by atoms with E-state index in [1.165, 1.54) is 12.8 Å². The maximum atomic E-state index is 10.8. The molecule has 1 atom stereocenters. The Balaban J connectivity index is 2.62. The van der Waals surface area contributed by atoms with Gasteiger partial charge >= 0.3 is 5.97 Å². The fraction of sp³-hybridized carbons (Fsp3) is 0.471. The molecule has 108 valence electrons. The minimum Gasteiger partial charge on any atom is -0.494 e. The van der Waals surface area contributed by atoms with Crippen molar-refractivity contribution in [3.63, 3.8) is 0 Å². The quantitative estimate of drug-likeness (QED) is 0.578. The van der Waals surface area contributed by atoms with Gasteiger partial charge in [-0.15, -0.1) is 5.92 Å². The summed E-state index contributed by atoms with van der Waals surface area (Å²) in [7, 11) is 0. The topological polar surface area (TPSA) is 46.5 Å². The summed E-state index contributed by atoms with van der Waals surface area (Å²) in [6.45, 7) is 4.60. The number of carbonyl (C=O) groups is 1. The normalized spacial score (nSPS) is 11.3. The highest BCUT2D eigenvalue weighted by Crippen LogP contribution is 2.22. The molecule has 20 heavy (non-hydrogen) atoms. The molecular weight excluding hydrogens is 252 g/mol. The van der Waals surface area contributed by atoms with Crippen LogP contribution >= 0.6 is 0 Å². The van der Waals surface area contributed by atoms with E-state index in [4.69, 9.17) is 9.84 Å². The number of benzene rings is 1. The second-order valence-corrected chi connectivity index (χ2v) is 4.67. The van der Waals surface area contributed by atoms with E-state index in [1.807, 2.05) is 24.3 Å². The Labute approximate surface area is 121 Å². The number of hydrogen-bond donors (Lipinski definition) is 1. The third-order valence-electron chi connectivity index (χ3n) is 3.00. The molecule has 0 aliphatic rings. The molecule has 1 aromatic carbocycles. The van der Waals surface area contributed by atoms with Crippen molar-refractivity contribution in [3.8, 4) is 17.6 Å². The molecule has 0 saturated heterocycles. The van der Waals surface area contributed by atoms with Crippen molar-refractivity contribution in [2.24, 2.45) is 0 Å². The van der Waals surface area contributed by atoms with Crippen LogP contribution in [-0.2, 0) is 4.79 Å². The largest absolute Gasteiger partial charge is 0.494 e. The van der Waals surface area contributed by atoms with Crippen molar-refractivity contribution in [1.29, 1.82) is 0 Å². The van der Waals surface area contributed by atoms with Crippen LogP contribution in [0.1, 0.15) is 51.0 Å². The Morgan fingerprint density at radius 2 is 2.00 bits per heavy atom. The lowest BCUT2D eigenvalue weighted by Crippen LogP contribution is -2.04. The maximum absolute atomic E-state index is 10.8. The molecule has 1 N–H and O–H groups in total. The summed E-state index contributed by atoms with van der Waals surface area (Å²) in [5.74, 6) is 5.46. The highest BCUT2D eigenvalue weighted by Gasteiger charge is 2.12. The van der Waals surface area contributed by atoms with Crippen LogP contribution in [0.4, 0.5) is 0 Å². The van der Waals surface area contributed by atoms with Gasteiger partial charge in [0.2, 0.25) is 0 Å². The van der Waals surface area contributed by atoms with Gasteiger partial charge in [-0.25, -0.2) is 0 Å². The van der Waals surface area contributed by atoms with E-state index in [0.717, 1.165) is 24.3 Å². The Morgan fingerprint density at radius 3 is 2.55 bits per heavy atom. The van der Waals surface area contributed by atoms with Gasteiger partial charge in [0.05, 0.1) is 18.9 Å². The summed E-state index contributed by atoms with van der Waals surface area (Å²) in [6, 6.07) is 7.56. The van der Waals surface area contributed by atoms with Crippen LogP contribution in [0.25, 0.3) is 0 Å². The molecule has 0 heterocycles. The van der Waals surface area contributed by atoms with Crippen LogP contribution in [-0.4, -0.2) is 17.7 Å². The summed E-state index contributed by atoms with van der Waals surface area (Å²) < 4.78 is 5.63. The van der Waals surface area contributed by atoms with E-state index < -0.39 is 5.97 Å². The van der Waals surface area contributed by atoms with Crippen molar-refractivity contribution in [2.75, 3.05) is 6.61 Å². The molecule has 0 aliphatic carbocycles. The fourth-order valence-electron chi connectivity index (χ4n) is 1.94. The molecule has 0 amide bonds. The van der Waals surface area contributed by atoms with Crippen molar-refractivity contribution in [3.05, 3.63) is 29.8 Å². The summed E-state index contributed by atoms with van der Waals surface area (Å²) in [5.41, 5.74) is 0.919. The average Bonchev–Trinajstić information content (AvgIpc) is 2.43. The van der Waals surface area contributed by atoms with E-state index in [0.29, 0.717) is 0 Å². The van der Waals surface area contributed by atoms with Gasteiger partial charge in [-0.3, -0.25) is 4.79 Å². The van der Waals surface area contributed by atoms with Crippen LogP contribution in [0.3, 0.4) is 0 Å². The number of unbranched alkanes of at least 4 members (excludes halogenated alkanes) is 2. The van der Waals surface area contributed by atoms with Gasteiger partial charge in [0.1, 0.15) is 5.75 Å². The van der Waals surface area contributed by atoms with E-state index in [2.05, 4.69) is 18.8 Å². The number of ether oxygens (including phenoxy) is 1. The highest BCUT2D eigenvalue weighted by atomic mass is 16.5. The Morgan fingerprint density at radius 1 is 1.30 bits per heavy atom. The van der Waals surface area contributed by atoms with E-state index >= 15 is 0 Å². The molecule has 1 aromatic rings. The first-order chi connectivity index (χ1) is 9.67. The lowest BCUT2D eigenvalue weighted by molar-refractivity contribution is -0.137. The molecule has 0 bridgehead atoms. The van der Waals surface area contributed by atoms with Crippen molar-refractivity contribution in [1.82, 2.24) is 0 Å². The van der Waals surface area contributed by atoms with Crippen LogP contribution in [0.5, 0.6) is 5.75 Å². The summed E-state index contributed by atoms with van der Waals surface area (Å²) in [6.07, 6.45) is 3.43. The highest BCUT2D eigenvalue weighted by molar-refractivity contribution is 5.69. The first-order valence-corrected chi connectivity index (χ1v) is 7.04. The molecule has 0 aromatic heterocycles. The molecule has 0 saturated carbocycles. The van der Waals surface area contributed by atoms with E-state index in [9.17, 15) is 4.79 Å². The monoisotopic (exact) mass is 274 g/mol. The molecule has 1 rings (SSSR count). The number of hydrogen-bond acceptors (Lipinski definition) is 2. The summed E-state index contributed by atoms with van der Waals surface area (Å²) in [4.78, 5) is 10.8. The van der Waals surface area contributed by atoms with Crippen LogP contribution in [0.2, 0.25) is 0 Å². The van der Waals surface area contributed by atoms with Gasteiger partial charge in [0.15, 0.2) is 0 Å². The minimum absolute atomic E-state index is 0.0253. The molecule has 1 unspecified atom stereocenters. The SMILES string of the molecule is CC#CC(CC(=O)O)c1ccc(OCCCCC)cc1. The zero-order valence-corrected chi connectivity index (χ0v) is 12.2. The molecule has 3 nitrogen and oxygen atoms in total.